The fourth-order valence-electron chi connectivity index (χ4n) is 1.83. The van der Waals surface area contributed by atoms with E-state index in [1.54, 1.807) is 36.4 Å². The third-order valence-electron chi connectivity index (χ3n) is 3.16. The molecule has 2 N–H and O–H groups in total. The van der Waals surface area contributed by atoms with E-state index in [-0.39, 0.29) is 6.61 Å². The molecule has 0 heterocycles. The van der Waals surface area contributed by atoms with Crippen molar-refractivity contribution in [3.63, 3.8) is 0 Å². The zero-order chi connectivity index (χ0) is 16.8. The standard InChI is InChI=1S/C17H16ClNO4/c1-11(16(21)19-15-5-3-2-4-14(15)18)23-17(22)13-8-6-12(10-20)7-9-13/h2-9,11,20H,10H2,1H3,(H,19,21). The van der Waals surface area contributed by atoms with Gasteiger partial charge in [0.2, 0.25) is 0 Å². The molecule has 0 aliphatic carbocycles. The van der Waals surface area contributed by atoms with Crippen LogP contribution in [-0.4, -0.2) is 23.1 Å². The Morgan fingerprint density at radius 2 is 1.83 bits per heavy atom. The molecule has 0 aliphatic rings. The van der Waals surface area contributed by atoms with Crippen LogP contribution in [0.5, 0.6) is 0 Å². The maximum absolute atomic E-state index is 12.1. The van der Waals surface area contributed by atoms with E-state index in [1.165, 1.54) is 19.1 Å². The van der Waals surface area contributed by atoms with Crippen molar-refractivity contribution in [3.8, 4) is 0 Å². The van der Waals surface area contributed by atoms with Crippen LogP contribution in [0, 0.1) is 0 Å². The number of carbonyl (C=O) groups excluding carboxylic acids is 2. The first-order chi connectivity index (χ1) is 11.0. The third-order valence-corrected chi connectivity index (χ3v) is 3.49. The number of aliphatic hydroxyl groups is 1. The first-order valence-electron chi connectivity index (χ1n) is 6.97. The number of amides is 1. The molecule has 2 rings (SSSR count). The van der Waals surface area contributed by atoms with Crippen molar-refractivity contribution >= 4 is 29.2 Å². The number of ether oxygens (including phenoxy) is 1. The molecule has 120 valence electrons. The Hall–Kier alpha value is -2.37. The van der Waals surface area contributed by atoms with E-state index in [1.807, 2.05) is 0 Å². The van der Waals surface area contributed by atoms with Crippen LogP contribution in [0.15, 0.2) is 48.5 Å². The van der Waals surface area contributed by atoms with Crippen LogP contribution in [0.25, 0.3) is 0 Å². The van der Waals surface area contributed by atoms with Gasteiger partial charge < -0.3 is 15.2 Å². The second-order valence-electron chi connectivity index (χ2n) is 4.87. The Bertz CT molecular complexity index is 700. The molecule has 0 radical (unpaired) electrons. The van der Waals surface area contributed by atoms with Gasteiger partial charge in [-0.25, -0.2) is 4.79 Å². The summed E-state index contributed by atoms with van der Waals surface area (Å²) < 4.78 is 5.13. The van der Waals surface area contributed by atoms with Gasteiger partial charge in [0.15, 0.2) is 6.10 Å². The number of esters is 1. The zero-order valence-corrected chi connectivity index (χ0v) is 13.2. The molecule has 23 heavy (non-hydrogen) atoms. The van der Waals surface area contributed by atoms with Gasteiger partial charge in [-0.1, -0.05) is 35.9 Å². The van der Waals surface area contributed by atoms with Crippen LogP contribution in [-0.2, 0) is 16.1 Å². The molecular weight excluding hydrogens is 318 g/mol. The summed E-state index contributed by atoms with van der Waals surface area (Å²) in [7, 11) is 0. The van der Waals surface area contributed by atoms with Gasteiger partial charge in [-0.05, 0) is 36.8 Å². The summed E-state index contributed by atoms with van der Waals surface area (Å²) in [5, 5.41) is 12.0. The molecule has 5 nitrogen and oxygen atoms in total. The van der Waals surface area contributed by atoms with Crippen LogP contribution < -0.4 is 5.32 Å². The highest BCUT2D eigenvalue weighted by Gasteiger charge is 2.19. The van der Waals surface area contributed by atoms with Crippen molar-refractivity contribution in [2.24, 2.45) is 0 Å². The van der Waals surface area contributed by atoms with Crippen molar-refractivity contribution in [2.75, 3.05) is 5.32 Å². The molecule has 2 aromatic rings. The quantitative estimate of drug-likeness (QED) is 0.825. The van der Waals surface area contributed by atoms with Crippen molar-refractivity contribution in [1.82, 2.24) is 0 Å². The first kappa shape index (κ1) is 17.0. The van der Waals surface area contributed by atoms with E-state index in [0.29, 0.717) is 21.8 Å². The molecule has 2 aromatic carbocycles. The second kappa shape index (κ2) is 7.76. The minimum Gasteiger partial charge on any atom is -0.449 e. The molecular formula is C17H16ClNO4. The SMILES string of the molecule is CC(OC(=O)c1ccc(CO)cc1)C(=O)Nc1ccccc1Cl. The summed E-state index contributed by atoms with van der Waals surface area (Å²) in [5.41, 5.74) is 1.44. The van der Waals surface area contributed by atoms with Gasteiger partial charge in [0.25, 0.3) is 5.91 Å². The van der Waals surface area contributed by atoms with E-state index in [9.17, 15) is 9.59 Å². The normalized spacial score (nSPS) is 11.6. The molecule has 0 bridgehead atoms. The fourth-order valence-corrected chi connectivity index (χ4v) is 2.01. The van der Waals surface area contributed by atoms with Crippen LogP contribution >= 0.6 is 11.6 Å². The molecule has 1 amide bonds. The Kier molecular flexibility index (Phi) is 5.73. The second-order valence-corrected chi connectivity index (χ2v) is 5.28. The molecule has 1 atom stereocenters. The zero-order valence-electron chi connectivity index (χ0n) is 12.5. The Balaban J connectivity index is 1.97. The molecule has 0 fully saturated rings. The number of rotatable bonds is 5. The smallest absolute Gasteiger partial charge is 0.338 e. The topological polar surface area (TPSA) is 75.6 Å². The molecule has 0 aliphatic heterocycles. The molecule has 0 aromatic heterocycles. The Morgan fingerprint density at radius 3 is 2.43 bits per heavy atom. The predicted molar refractivity (Wildman–Crippen MR) is 87.3 cm³/mol. The van der Waals surface area contributed by atoms with Crippen molar-refractivity contribution < 1.29 is 19.4 Å². The number of aliphatic hydroxyl groups excluding tert-OH is 1. The summed E-state index contributed by atoms with van der Waals surface area (Å²) >= 11 is 5.96. The van der Waals surface area contributed by atoms with Crippen molar-refractivity contribution in [2.45, 2.75) is 19.6 Å². The lowest BCUT2D eigenvalue weighted by atomic mass is 10.1. The number of hydrogen-bond acceptors (Lipinski definition) is 4. The van der Waals surface area contributed by atoms with Gasteiger partial charge in [-0.15, -0.1) is 0 Å². The van der Waals surface area contributed by atoms with Crippen LogP contribution in [0.2, 0.25) is 5.02 Å². The summed E-state index contributed by atoms with van der Waals surface area (Å²) in [6, 6.07) is 13.1. The van der Waals surface area contributed by atoms with E-state index in [2.05, 4.69) is 5.32 Å². The van der Waals surface area contributed by atoms with E-state index >= 15 is 0 Å². The van der Waals surface area contributed by atoms with Gasteiger partial charge in [0, 0.05) is 0 Å². The van der Waals surface area contributed by atoms with Gasteiger partial charge in [0.05, 0.1) is 22.9 Å². The monoisotopic (exact) mass is 333 g/mol. The lowest BCUT2D eigenvalue weighted by molar-refractivity contribution is -0.123. The maximum atomic E-state index is 12.1. The number of nitrogens with one attached hydrogen (secondary N) is 1. The molecule has 0 saturated carbocycles. The van der Waals surface area contributed by atoms with Crippen LogP contribution in [0.4, 0.5) is 5.69 Å². The number of para-hydroxylation sites is 1. The molecule has 6 heteroatoms. The summed E-state index contributed by atoms with van der Waals surface area (Å²) in [6.45, 7) is 1.37. The van der Waals surface area contributed by atoms with Crippen molar-refractivity contribution in [1.29, 1.82) is 0 Å². The number of halogens is 1. The highest BCUT2D eigenvalue weighted by Crippen LogP contribution is 2.20. The molecule has 1 unspecified atom stereocenters. The molecule has 0 spiro atoms. The van der Waals surface area contributed by atoms with Gasteiger partial charge in [0.1, 0.15) is 0 Å². The van der Waals surface area contributed by atoms with Gasteiger partial charge in [-0.2, -0.15) is 0 Å². The lowest BCUT2D eigenvalue weighted by Crippen LogP contribution is -2.30. The summed E-state index contributed by atoms with van der Waals surface area (Å²) in [6.07, 6.45) is -0.976. The molecule has 0 saturated heterocycles. The van der Waals surface area contributed by atoms with E-state index in [0.717, 1.165) is 0 Å². The summed E-state index contributed by atoms with van der Waals surface area (Å²) in [4.78, 5) is 24.0. The maximum Gasteiger partial charge on any atom is 0.338 e. The van der Waals surface area contributed by atoms with Crippen molar-refractivity contribution in [3.05, 3.63) is 64.7 Å². The highest BCUT2D eigenvalue weighted by molar-refractivity contribution is 6.33. The number of hydrogen-bond donors (Lipinski definition) is 2. The first-order valence-corrected chi connectivity index (χ1v) is 7.35. The number of benzene rings is 2. The minimum atomic E-state index is -0.976. The predicted octanol–water partition coefficient (Wildman–Crippen LogP) is 3.02. The lowest BCUT2D eigenvalue weighted by Gasteiger charge is -2.14. The average Bonchev–Trinajstić information content (AvgIpc) is 2.56. The number of carbonyl (C=O) groups is 2. The third kappa shape index (κ3) is 4.55. The minimum absolute atomic E-state index is 0.105. The van der Waals surface area contributed by atoms with Gasteiger partial charge >= 0.3 is 5.97 Å². The fraction of sp³-hybridized carbons (Fsp3) is 0.176. The highest BCUT2D eigenvalue weighted by atomic mass is 35.5. The largest absolute Gasteiger partial charge is 0.449 e. The van der Waals surface area contributed by atoms with Gasteiger partial charge in [-0.3, -0.25) is 4.79 Å². The Labute approximate surface area is 138 Å². The average molecular weight is 334 g/mol. The Morgan fingerprint density at radius 1 is 1.17 bits per heavy atom. The van der Waals surface area contributed by atoms with E-state index in [4.69, 9.17) is 21.4 Å². The van der Waals surface area contributed by atoms with E-state index < -0.39 is 18.0 Å². The van der Waals surface area contributed by atoms with Crippen LogP contribution in [0.3, 0.4) is 0 Å². The van der Waals surface area contributed by atoms with Crippen LogP contribution in [0.1, 0.15) is 22.8 Å². The summed E-state index contributed by atoms with van der Waals surface area (Å²) in [5.74, 6) is -1.09. The number of anilines is 1.